The number of benzene rings is 1. The average molecular weight is 316 g/mol. The molecule has 0 saturated carbocycles. The Kier molecular flexibility index (Phi) is 5.39. The normalized spacial score (nSPS) is 22.1. The minimum atomic E-state index is -0.0541. The summed E-state index contributed by atoms with van der Waals surface area (Å²) in [7, 11) is 2.11. The number of likely N-dealkylation sites (tertiary alicyclic amines) is 1. The highest BCUT2D eigenvalue weighted by molar-refractivity contribution is 5.74. The van der Waals surface area contributed by atoms with Crippen LogP contribution in [-0.4, -0.2) is 50.2 Å². The van der Waals surface area contributed by atoms with Gasteiger partial charge in [0, 0.05) is 37.9 Å². The zero-order chi connectivity index (χ0) is 16.1. The Balaban J connectivity index is 1.52. The van der Waals surface area contributed by atoms with Crippen molar-refractivity contribution in [2.75, 3.05) is 38.1 Å². The first-order valence-corrected chi connectivity index (χ1v) is 8.78. The number of urea groups is 1. The molecule has 0 aliphatic carbocycles. The minimum Gasteiger partial charge on any atom is -0.371 e. The van der Waals surface area contributed by atoms with Crippen molar-refractivity contribution in [3.63, 3.8) is 0 Å². The van der Waals surface area contributed by atoms with E-state index in [2.05, 4.69) is 45.7 Å². The predicted molar refractivity (Wildman–Crippen MR) is 93.8 cm³/mol. The summed E-state index contributed by atoms with van der Waals surface area (Å²) in [6.45, 7) is 4.90. The SMILES string of the molecule is CN1CCC[C@H](NC(=O)NCc2ccccc2N2CCCC2)C1. The van der Waals surface area contributed by atoms with Gasteiger partial charge >= 0.3 is 6.03 Å². The Morgan fingerprint density at radius 3 is 2.74 bits per heavy atom. The first-order chi connectivity index (χ1) is 11.2. The smallest absolute Gasteiger partial charge is 0.315 e. The summed E-state index contributed by atoms with van der Waals surface area (Å²) in [5, 5.41) is 6.13. The molecule has 23 heavy (non-hydrogen) atoms. The third kappa shape index (κ3) is 4.38. The first-order valence-electron chi connectivity index (χ1n) is 8.78. The minimum absolute atomic E-state index is 0.0541. The number of hydrogen-bond acceptors (Lipinski definition) is 3. The molecule has 0 spiro atoms. The maximum absolute atomic E-state index is 12.2. The van der Waals surface area contributed by atoms with Crippen LogP contribution in [0.3, 0.4) is 0 Å². The van der Waals surface area contributed by atoms with E-state index in [1.54, 1.807) is 0 Å². The van der Waals surface area contributed by atoms with E-state index in [0.717, 1.165) is 39.0 Å². The third-order valence-corrected chi connectivity index (χ3v) is 4.84. The van der Waals surface area contributed by atoms with Gasteiger partial charge in [0.25, 0.3) is 0 Å². The number of hydrogen-bond donors (Lipinski definition) is 2. The first kappa shape index (κ1) is 16.1. The highest BCUT2D eigenvalue weighted by atomic mass is 16.2. The Morgan fingerprint density at radius 1 is 1.17 bits per heavy atom. The lowest BCUT2D eigenvalue weighted by Gasteiger charge is -2.30. The highest BCUT2D eigenvalue weighted by Crippen LogP contribution is 2.24. The van der Waals surface area contributed by atoms with E-state index in [-0.39, 0.29) is 12.1 Å². The van der Waals surface area contributed by atoms with Gasteiger partial charge in [-0.15, -0.1) is 0 Å². The predicted octanol–water partition coefficient (Wildman–Crippen LogP) is 2.18. The number of piperidine rings is 1. The molecule has 2 fully saturated rings. The van der Waals surface area contributed by atoms with Crippen molar-refractivity contribution < 1.29 is 4.79 Å². The average Bonchev–Trinajstić information content (AvgIpc) is 3.07. The molecular weight excluding hydrogens is 288 g/mol. The van der Waals surface area contributed by atoms with Crippen LogP contribution in [0.2, 0.25) is 0 Å². The lowest BCUT2D eigenvalue weighted by atomic mass is 10.1. The number of nitrogens with zero attached hydrogens (tertiary/aromatic N) is 2. The van der Waals surface area contributed by atoms with Gasteiger partial charge in [0.2, 0.25) is 0 Å². The molecule has 5 heteroatoms. The highest BCUT2D eigenvalue weighted by Gasteiger charge is 2.19. The van der Waals surface area contributed by atoms with Crippen LogP contribution in [0.4, 0.5) is 10.5 Å². The number of carbonyl (C=O) groups excluding carboxylic acids is 1. The number of rotatable bonds is 4. The van der Waals surface area contributed by atoms with E-state index >= 15 is 0 Å². The van der Waals surface area contributed by atoms with Crippen molar-refractivity contribution in [2.24, 2.45) is 0 Å². The van der Waals surface area contributed by atoms with Gasteiger partial charge in [-0.05, 0) is 50.9 Å². The maximum atomic E-state index is 12.2. The summed E-state index contributed by atoms with van der Waals surface area (Å²) in [5.41, 5.74) is 2.47. The van der Waals surface area contributed by atoms with E-state index in [9.17, 15) is 4.79 Å². The van der Waals surface area contributed by atoms with Crippen LogP contribution in [0.25, 0.3) is 0 Å². The number of carbonyl (C=O) groups is 1. The fourth-order valence-corrected chi connectivity index (χ4v) is 3.62. The summed E-state index contributed by atoms with van der Waals surface area (Å²) in [4.78, 5) is 16.9. The van der Waals surface area contributed by atoms with Crippen LogP contribution < -0.4 is 15.5 Å². The molecule has 1 aromatic carbocycles. The van der Waals surface area contributed by atoms with Crippen molar-refractivity contribution in [1.82, 2.24) is 15.5 Å². The molecule has 2 amide bonds. The van der Waals surface area contributed by atoms with Crippen LogP contribution in [0.15, 0.2) is 24.3 Å². The van der Waals surface area contributed by atoms with Gasteiger partial charge in [-0.2, -0.15) is 0 Å². The van der Waals surface area contributed by atoms with Crippen molar-refractivity contribution >= 4 is 11.7 Å². The van der Waals surface area contributed by atoms with E-state index in [0.29, 0.717) is 6.54 Å². The fourth-order valence-electron chi connectivity index (χ4n) is 3.62. The van der Waals surface area contributed by atoms with Gasteiger partial charge in [0.05, 0.1) is 0 Å². The molecule has 126 valence electrons. The van der Waals surface area contributed by atoms with Gasteiger partial charge in [0.1, 0.15) is 0 Å². The second-order valence-electron chi connectivity index (χ2n) is 6.75. The molecule has 5 nitrogen and oxygen atoms in total. The van der Waals surface area contributed by atoms with Gasteiger partial charge in [-0.25, -0.2) is 4.79 Å². The van der Waals surface area contributed by atoms with Crippen molar-refractivity contribution in [1.29, 1.82) is 0 Å². The number of likely N-dealkylation sites (N-methyl/N-ethyl adjacent to an activating group) is 1. The van der Waals surface area contributed by atoms with E-state index in [4.69, 9.17) is 0 Å². The molecule has 0 bridgehead atoms. The molecule has 0 radical (unpaired) electrons. The Hall–Kier alpha value is -1.75. The van der Waals surface area contributed by atoms with Crippen molar-refractivity contribution in [2.45, 2.75) is 38.3 Å². The van der Waals surface area contributed by atoms with Gasteiger partial charge < -0.3 is 20.4 Å². The van der Waals surface area contributed by atoms with Crippen molar-refractivity contribution in [3.05, 3.63) is 29.8 Å². The quantitative estimate of drug-likeness (QED) is 0.895. The van der Waals surface area contributed by atoms with Crippen LogP contribution >= 0.6 is 0 Å². The van der Waals surface area contributed by atoms with Crippen LogP contribution in [0.5, 0.6) is 0 Å². The molecule has 2 heterocycles. The molecule has 2 saturated heterocycles. The van der Waals surface area contributed by atoms with Gasteiger partial charge in [-0.1, -0.05) is 18.2 Å². The van der Waals surface area contributed by atoms with Gasteiger partial charge in [0.15, 0.2) is 0 Å². The standard InChI is InChI=1S/C18H28N4O/c1-21-10-6-8-16(14-21)20-18(23)19-13-15-7-2-3-9-17(15)22-11-4-5-12-22/h2-3,7,9,16H,4-6,8,10-14H2,1H3,(H2,19,20,23)/t16-/m0/s1. The molecule has 2 aliphatic heterocycles. The molecular formula is C18H28N4O. The van der Waals surface area contributed by atoms with E-state index < -0.39 is 0 Å². The molecule has 1 atom stereocenters. The molecule has 2 aliphatic rings. The summed E-state index contributed by atoms with van der Waals surface area (Å²) in [6, 6.07) is 8.61. The molecule has 0 unspecified atom stereocenters. The zero-order valence-electron chi connectivity index (χ0n) is 14.1. The number of nitrogens with one attached hydrogen (secondary N) is 2. The number of anilines is 1. The number of amides is 2. The monoisotopic (exact) mass is 316 g/mol. The molecule has 1 aromatic rings. The molecule has 0 aromatic heterocycles. The van der Waals surface area contributed by atoms with Crippen LogP contribution in [0, 0.1) is 0 Å². The molecule has 3 rings (SSSR count). The lowest BCUT2D eigenvalue weighted by molar-refractivity contribution is 0.209. The second kappa shape index (κ2) is 7.68. The largest absolute Gasteiger partial charge is 0.371 e. The zero-order valence-corrected chi connectivity index (χ0v) is 14.1. The van der Waals surface area contributed by atoms with Gasteiger partial charge in [-0.3, -0.25) is 0 Å². The Labute approximate surface area is 139 Å². The lowest BCUT2D eigenvalue weighted by Crippen LogP contribution is -2.49. The summed E-state index contributed by atoms with van der Waals surface area (Å²) in [6.07, 6.45) is 4.75. The number of para-hydroxylation sites is 1. The fraction of sp³-hybridized carbons (Fsp3) is 0.611. The topological polar surface area (TPSA) is 47.6 Å². The summed E-state index contributed by atoms with van der Waals surface area (Å²) < 4.78 is 0. The maximum Gasteiger partial charge on any atom is 0.315 e. The third-order valence-electron chi connectivity index (χ3n) is 4.84. The van der Waals surface area contributed by atoms with Crippen molar-refractivity contribution in [3.8, 4) is 0 Å². The molecule has 2 N–H and O–H groups in total. The Morgan fingerprint density at radius 2 is 1.96 bits per heavy atom. The van der Waals surface area contributed by atoms with E-state index in [1.165, 1.54) is 24.1 Å². The summed E-state index contributed by atoms with van der Waals surface area (Å²) in [5.74, 6) is 0. The Bertz CT molecular complexity index is 528. The summed E-state index contributed by atoms with van der Waals surface area (Å²) >= 11 is 0. The second-order valence-corrected chi connectivity index (χ2v) is 6.75. The van der Waals surface area contributed by atoms with E-state index in [1.807, 2.05) is 6.07 Å². The van der Waals surface area contributed by atoms with Crippen LogP contribution in [-0.2, 0) is 6.54 Å². The van der Waals surface area contributed by atoms with Crippen LogP contribution in [0.1, 0.15) is 31.2 Å².